The molecule has 0 N–H and O–H groups in total. The van der Waals surface area contributed by atoms with Crippen molar-refractivity contribution in [2.45, 2.75) is 19.3 Å². The molecule has 0 radical (unpaired) electrons. The maximum absolute atomic E-state index is 2.47. The number of fused-ring (bicyclic) bond motifs is 1. The number of hydrogen-bond donors (Lipinski definition) is 0. The second-order valence-corrected chi connectivity index (χ2v) is 4.68. The van der Waals surface area contributed by atoms with E-state index in [9.17, 15) is 0 Å². The fourth-order valence-electron chi connectivity index (χ4n) is 1.61. The molecular weight excluding hydrogens is 127 g/mol. The van der Waals surface area contributed by atoms with Gasteiger partial charge in [-0.3, -0.25) is 0 Å². The van der Waals surface area contributed by atoms with E-state index < -0.39 is 0 Å². The molecule has 0 saturated heterocycles. The van der Waals surface area contributed by atoms with Crippen molar-refractivity contribution >= 4 is 7.53 Å². The zero-order valence-corrected chi connectivity index (χ0v) is 6.62. The second-order valence-electron chi connectivity index (χ2n) is 2.83. The summed E-state index contributed by atoms with van der Waals surface area (Å²) in [5.74, 6) is 4.94. The van der Waals surface area contributed by atoms with Crippen LogP contribution in [0.25, 0.3) is 0 Å². The first kappa shape index (κ1) is 5.56. The van der Waals surface area contributed by atoms with Crippen molar-refractivity contribution in [2.75, 3.05) is 0 Å². The standard InChI is InChI=1S/C8H11P/c1-9-5-7-3-2-4-8(7)6-9/h5-6H,2-4H2,1H3. The van der Waals surface area contributed by atoms with Gasteiger partial charge < -0.3 is 0 Å². The predicted octanol–water partition coefficient (Wildman–Crippen LogP) is 2.70. The fraction of sp³-hybridized carbons (Fsp3) is 0.500. The van der Waals surface area contributed by atoms with Crippen molar-refractivity contribution in [1.82, 2.24) is 0 Å². The Hall–Kier alpha value is -0.220. The van der Waals surface area contributed by atoms with Crippen LogP contribution in [-0.2, 0) is 19.5 Å². The van der Waals surface area contributed by atoms with Gasteiger partial charge in [0.15, 0.2) is 0 Å². The van der Waals surface area contributed by atoms with Crippen molar-refractivity contribution in [2.24, 2.45) is 6.66 Å². The zero-order chi connectivity index (χ0) is 6.27. The molecule has 1 aromatic heterocycles. The number of rotatable bonds is 0. The van der Waals surface area contributed by atoms with Gasteiger partial charge >= 0.3 is 0 Å². The zero-order valence-electron chi connectivity index (χ0n) is 5.72. The molecule has 0 atom stereocenters. The lowest BCUT2D eigenvalue weighted by atomic mass is 10.2. The topological polar surface area (TPSA) is 0 Å². The van der Waals surface area contributed by atoms with Gasteiger partial charge in [0.25, 0.3) is 0 Å². The quantitative estimate of drug-likeness (QED) is 0.517. The van der Waals surface area contributed by atoms with Gasteiger partial charge in [-0.2, -0.15) is 0 Å². The van der Waals surface area contributed by atoms with Crippen molar-refractivity contribution in [1.29, 1.82) is 0 Å². The SMILES string of the molecule is Cp1cc2c(c1)CCC2. The summed E-state index contributed by atoms with van der Waals surface area (Å²) in [6, 6.07) is 0. The van der Waals surface area contributed by atoms with Gasteiger partial charge in [-0.1, -0.05) is 0 Å². The summed E-state index contributed by atoms with van der Waals surface area (Å²) in [5.41, 5.74) is 3.34. The Morgan fingerprint density at radius 1 is 1.22 bits per heavy atom. The first-order chi connectivity index (χ1) is 4.36. The lowest BCUT2D eigenvalue weighted by molar-refractivity contribution is 0.911. The maximum Gasteiger partial charge on any atom is -0.0258 e. The van der Waals surface area contributed by atoms with Gasteiger partial charge in [0.2, 0.25) is 0 Å². The van der Waals surface area contributed by atoms with Crippen molar-refractivity contribution < 1.29 is 0 Å². The van der Waals surface area contributed by atoms with Crippen LogP contribution in [0.2, 0.25) is 0 Å². The largest absolute Gasteiger partial charge is 0.128 e. The minimum atomic E-state index is 0.178. The molecule has 1 aliphatic carbocycles. The Balaban J connectivity index is 2.51. The second kappa shape index (κ2) is 1.88. The molecule has 0 fully saturated rings. The van der Waals surface area contributed by atoms with Crippen LogP contribution in [-0.4, -0.2) is 0 Å². The molecule has 48 valence electrons. The van der Waals surface area contributed by atoms with Gasteiger partial charge in [-0.05, 0) is 48.7 Å². The third-order valence-corrected chi connectivity index (χ3v) is 3.46. The van der Waals surface area contributed by atoms with E-state index in [0.29, 0.717) is 0 Å². The van der Waals surface area contributed by atoms with E-state index in [1.807, 2.05) is 0 Å². The normalized spacial score (nSPS) is 16.1. The minimum absolute atomic E-state index is 0.178. The molecule has 0 saturated carbocycles. The van der Waals surface area contributed by atoms with E-state index in [4.69, 9.17) is 0 Å². The molecule has 0 aromatic carbocycles. The monoisotopic (exact) mass is 138 g/mol. The van der Waals surface area contributed by atoms with Crippen LogP contribution in [0.5, 0.6) is 0 Å². The van der Waals surface area contributed by atoms with Crippen LogP contribution in [0, 0.1) is 0 Å². The fourth-order valence-corrected chi connectivity index (χ4v) is 3.26. The molecule has 0 spiro atoms. The number of hydrogen-bond acceptors (Lipinski definition) is 0. The van der Waals surface area contributed by atoms with Crippen LogP contribution < -0.4 is 0 Å². The van der Waals surface area contributed by atoms with E-state index in [1.165, 1.54) is 19.3 Å². The third kappa shape index (κ3) is 0.822. The first-order valence-electron chi connectivity index (χ1n) is 3.50. The van der Waals surface area contributed by atoms with Crippen molar-refractivity contribution in [3.05, 3.63) is 22.7 Å². The highest BCUT2D eigenvalue weighted by Gasteiger charge is 2.10. The van der Waals surface area contributed by atoms with Crippen LogP contribution >= 0.6 is 7.53 Å². The van der Waals surface area contributed by atoms with E-state index in [1.54, 1.807) is 11.1 Å². The molecule has 0 unspecified atom stereocenters. The summed E-state index contributed by atoms with van der Waals surface area (Å²) in [6.07, 6.45) is 4.12. The molecule has 0 nitrogen and oxygen atoms in total. The van der Waals surface area contributed by atoms with Gasteiger partial charge in [0.05, 0.1) is 0 Å². The molecular formula is C8H11P. The van der Waals surface area contributed by atoms with Crippen LogP contribution in [0.3, 0.4) is 0 Å². The average molecular weight is 138 g/mol. The Bertz CT molecular complexity index is 201. The molecule has 0 amide bonds. The number of aryl methyl sites for hydroxylation is 3. The third-order valence-electron chi connectivity index (χ3n) is 2.02. The van der Waals surface area contributed by atoms with Crippen molar-refractivity contribution in [3.8, 4) is 0 Å². The van der Waals surface area contributed by atoms with Gasteiger partial charge in [-0.25, -0.2) is 0 Å². The molecule has 0 bridgehead atoms. The lowest BCUT2D eigenvalue weighted by Gasteiger charge is -1.82. The summed E-state index contributed by atoms with van der Waals surface area (Å²) >= 11 is 0. The molecule has 0 aliphatic heterocycles. The van der Waals surface area contributed by atoms with Gasteiger partial charge in [0, 0.05) is 0 Å². The Morgan fingerprint density at radius 3 is 2.33 bits per heavy atom. The van der Waals surface area contributed by atoms with Crippen LogP contribution in [0.1, 0.15) is 17.5 Å². The Kier molecular flexibility index (Phi) is 1.16. The first-order valence-corrected chi connectivity index (χ1v) is 5.43. The summed E-state index contributed by atoms with van der Waals surface area (Å²) in [4.78, 5) is 0. The highest BCUT2D eigenvalue weighted by atomic mass is 31.1. The summed E-state index contributed by atoms with van der Waals surface area (Å²) in [7, 11) is 0.178. The minimum Gasteiger partial charge on any atom is -0.128 e. The summed E-state index contributed by atoms with van der Waals surface area (Å²) in [5, 5.41) is 0. The molecule has 1 aromatic rings. The van der Waals surface area contributed by atoms with E-state index in [-0.39, 0.29) is 7.53 Å². The van der Waals surface area contributed by atoms with E-state index >= 15 is 0 Å². The molecule has 1 heterocycles. The lowest BCUT2D eigenvalue weighted by Crippen LogP contribution is -1.66. The van der Waals surface area contributed by atoms with Crippen LogP contribution in [0.15, 0.2) is 11.6 Å². The smallest absolute Gasteiger partial charge is 0.0258 e. The van der Waals surface area contributed by atoms with Crippen molar-refractivity contribution in [3.63, 3.8) is 0 Å². The molecule has 9 heavy (non-hydrogen) atoms. The Labute approximate surface area is 57.0 Å². The molecule has 2 rings (SSSR count). The van der Waals surface area contributed by atoms with E-state index in [2.05, 4.69) is 18.3 Å². The highest BCUT2D eigenvalue weighted by Crippen LogP contribution is 2.34. The van der Waals surface area contributed by atoms with Gasteiger partial charge in [-0.15, -0.1) is 7.53 Å². The summed E-state index contributed by atoms with van der Waals surface area (Å²) < 4.78 is 0. The summed E-state index contributed by atoms with van der Waals surface area (Å²) in [6.45, 7) is 2.33. The van der Waals surface area contributed by atoms with E-state index in [0.717, 1.165) is 0 Å². The highest BCUT2D eigenvalue weighted by molar-refractivity contribution is 7.46. The Morgan fingerprint density at radius 2 is 1.78 bits per heavy atom. The van der Waals surface area contributed by atoms with Gasteiger partial charge in [0.1, 0.15) is 0 Å². The molecule has 1 aliphatic rings. The van der Waals surface area contributed by atoms with Crippen LogP contribution in [0.4, 0.5) is 0 Å². The average Bonchev–Trinajstić information content (AvgIpc) is 2.22. The molecule has 1 heteroatoms. The maximum atomic E-state index is 2.47. The predicted molar refractivity (Wildman–Crippen MR) is 42.2 cm³/mol.